The quantitative estimate of drug-likeness (QED) is 0.477. The molecule has 0 bridgehead atoms. The van der Waals surface area contributed by atoms with Crippen molar-refractivity contribution in [3.05, 3.63) is 0 Å². The van der Waals surface area contributed by atoms with E-state index < -0.39 is 33.9 Å². The Labute approximate surface area is 95.2 Å². The van der Waals surface area contributed by atoms with E-state index >= 15 is 0 Å². The first-order valence-electron chi connectivity index (χ1n) is 3.78. The molecule has 0 aliphatic heterocycles. The highest BCUT2D eigenvalue weighted by molar-refractivity contribution is 7.85. The molecule has 16 heavy (non-hydrogen) atoms. The molecule has 3 nitrogen and oxygen atoms in total. The summed E-state index contributed by atoms with van der Waals surface area (Å²) in [5, 5.41) is -4.59. The van der Waals surface area contributed by atoms with Gasteiger partial charge >= 0.3 is 11.2 Å². The summed E-state index contributed by atoms with van der Waals surface area (Å²) in [6, 6.07) is 0. The molecule has 10 heteroatoms. The van der Waals surface area contributed by atoms with Gasteiger partial charge in [0.1, 0.15) is 0 Å². The van der Waals surface area contributed by atoms with E-state index in [1.165, 1.54) is 0 Å². The zero-order valence-electron chi connectivity index (χ0n) is 8.29. The number of thiol groups is 1. The molecule has 1 unspecified atom stereocenters. The van der Waals surface area contributed by atoms with Crippen molar-refractivity contribution in [3.8, 4) is 0 Å². The van der Waals surface area contributed by atoms with Crippen LogP contribution in [-0.4, -0.2) is 36.6 Å². The molecule has 0 amide bonds. The van der Waals surface area contributed by atoms with E-state index in [0.29, 0.717) is 6.26 Å². The van der Waals surface area contributed by atoms with Crippen LogP contribution in [0.5, 0.6) is 0 Å². The van der Waals surface area contributed by atoms with E-state index in [1.807, 2.05) is 0 Å². The average Bonchev–Trinajstić information content (AvgIpc) is 1.97. The van der Waals surface area contributed by atoms with Crippen LogP contribution in [0.1, 0.15) is 13.3 Å². The van der Waals surface area contributed by atoms with Gasteiger partial charge in [-0.2, -0.15) is 26.0 Å². The van der Waals surface area contributed by atoms with Crippen molar-refractivity contribution >= 4 is 22.7 Å². The maximum Gasteiger partial charge on any atom is 0.356 e. The molecule has 0 aromatic heterocycles. The fourth-order valence-electron chi connectivity index (χ4n) is 0.445. The van der Waals surface area contributed by atoms with Crippen LogP contribution in [0.4, 0.5) is 22.0 Å². The third-order valence-corrected chi connectivity index (χ3v) is 1.45. The van der Waals surface area contributed by atoms with E-state index in [9.17, 15) is 30.4 Å². The Kier molecular flexibility index (Phi) is 6.87. The summed E-state index contributed by atoms with van der Waals surface area (Å²) in [5.41, 5.74) is 0. The topological polar surface area (TPSA) is 54.4 Å². The van der Waals surface area contributed by atoms with E-state index in [2.05, 4.69) is 12.6 Å². The van der Waals surface area contributed by atoms with Crippen LogP contribution >= 0.6 is 12.6 Å². The second kappa shape index (κ2) is 6.01. The van der Waals surface area contributed by atoms with Gasteiger partial charge in [0.05, 0.1) is 6.26 Å². The largest absolute Gasteiger partial charge is 0.356 e. The summed E-state index contributed by atoms with van der Waals surface area (Å²) >= 11 is 2.31. The molecule has 0 saturated heterocycles. The molecular weight excluding hydrogens is 279 g/mol. The van der Waals surface area contributed by atoms with Crippen LogP contribution in [-0.2, 0) is 10.1 Å². The molecule has 0 aromatic carbocycles. The zero-order valence-corrected chi connectivity index (χ0v) is 10.0. The van der Waals surface area contributed by atoms with Crippen molar-refractivity contribution in [3.63, 3.8) is 0 Å². The molecule has 0 rings (SSSR count). The predicted octanol–water partition coefficient (Wildman–Crippen LogP) is 2.40. The second-order valence-electron chi connectivity index (χ2n) is 2.77. The molecule has 0 aliphatic carbocycles. The summed E-state index contributed by atoms with van der Waals surface area (Å²) in [4.78, 5) is 0. The number of hydrogen-bond donors (Lipinski definition) is 2. The van der Waals surface area contributed by atoms with E-state index in [-0.39, 0.29) is 0 Å². The Hall–Kier alpha value is -0.0900. The molecule has 0 saturated carbocycles. The maximum atomic E-state index is 12.1. The van der Waals surface area contributed by atoms with Gasteiger partial charge in [0.15, 0.2) is 6.17 Å². The molecule has 0 aromatic rings. The first-order chi connectivity index (χ1) is 6.73. The normalized spacial score (nSPS) is 15.1. The second-order valence-corrected chi connectivity index (χ2v) is 4.80. The molecule has 0 aliphatic rings. The summed E-state index contributed by atoms with van der Waals surface area (Å²) < 4.78 is 85.9. The smallest absolute Gasteiger partial charge is 0.286 e. The van der Waals surface area contributed by atoms with E-state index in [1.54, 1.807) is 0 Å². The highest BCUT2D eigenvalue weighted by atomic mass is 32.2. The van der Waals surface area contributed by atoms with Gasteiger partial charge in [-0.05, 0) is 6.42 Å². The van der Waals surface area contributed by atoms with Gasteiger partial charge in [0, 0.05) is 0 Å². The van der Waals surface area contributed by atoms with Gasteiger partial charge in [-0.25, -0.2) is 4.39 Å². The summed E-state index contributed by atoms with van der Waals surface area (Å²) in [6.45, 7) is 1.05. The standard InChI is InChI=1S/C5H7F5S.CH4O3S/c1-2-3(6)4(7,8)5(9,10)11;1-5(2,3)4/h3,11H,2H2,1H3;1H3,(H,2,3,4). The van der Waals surface area contributed by atoms with Crippen molar-refractivity contribution in [2.24, 2.45) is 0 Å². The number of alkyl halides is 5. The molecular formula is C6H11F5O3S2. The lowest BCUT2D eigenvalue weighted by Crippen LogP contribution is -2.43. The van der Waals surface area contributed by atoms with Gasteiger partial charge in [0.25, 0.3) is 10.1 Å². The SMILES string of the molecule is CCC(F)C(F)(F)C(F)(F)S.CS(=O)(=O)O. The molecule has 0 radical (unpaired) electrons. The number of rotatable bonds is 3. The van der Waals surface area contributed by atoms with Crippen molar-refractivity contribution < 1.29 is 34.9 Å². The van der Waals surface area contributed by atoms with E-state index in [4.69, 9.17) is 4.55 Å². The highest BCUT2D eigenvalue weighted by Gasteiger charge is 2.58. The molecule has 100 valence electrons. The third-order valence-electron chi connectivity index (χ3n) is 1.15. The molecule has 0 spiro atoms. The molecule has 0 heterocycles. The fourth-order valence-corrected chi connectivity index (χ4v) is 0.585. The number of hydrogen-bond acceptors (Lipinski definition) is 3. The van der Waals surface area contributed by atoms with Crippen molar-refractivity contribution in [2.75, 3.05) is 6.26 Å². The lowest BCUT2D eigenvalue weighted by Gasteiger charge is -2.24. The minimum atomic E-state index is -4.69. The third kappa shape index (κ3) is 8.11. The van der Waals surface area contributed by atoms with E-state index in [0.717, 1.165) is 6.92 Å². The fraction of sp³-hybridized carbons (Fsp3) is 1.00. The summed E-state index contributed by atoms with van der Waals surface area (Å²) in [5.74, 6) is -4.69. The molecule has 1 atom stereocenters. The predicted molar refractivity (Wildman–Crippen MR) is 51.5 cm³/mol. The Morgan fingerprint density at radius 3 is 1.62 bits per heavy atom. The van der Waals surface area contributed by atoms with Crippen molar-refractivity contribution in [1.82, 2.24) is 0 Å². The lowest BCUT2D eigenvalue weighted by molar-refractivity contribution is -0.189. The number of halogens is 5. The van der Waals surface area contributed by atoms with Crippen molar-refractivity contribution in [1.29, 1.82) is 0 Å². The lowest BCUT2D eigenvalue weighted by atomic mass is 10.2. The van der Waals surface area contributed by atoms with Gasteiger partial charge in [-0.15, -0.1) is 0 Å². The molecule has 0 fully saturated rings. The minimum Gasteiger partial charge on any atom is -0.286 e. The van der Waals surface area contributed by atoms with Crippen LogP contribution in [0.2, 0.25) is 0 Å². The maximum absolute atomic E-state index is 12.1. The Balaban J connectivity index is 0. The Morgan fingerprint density at radius 2 is 1.56 bits per heavy atom. The van der Waals surface area contributed by atoms with Crippen LogP contribution in [0.15, 0.2) is 0 Å². The zero-order chi connectivity index (χ0) is 13.8. The van der Waals surface area contributed by atoms with Gasteiger partial charge in [-0.3, -0.25) is 4.55 Å². The minimum absolute atomic E-state index is 0.664. The van der Waals surface area contributed by atoms with Gasteiger partial charge in [0.2, 0.25) is 0 Å². The van der Waals surface area contributed by atoms with Crippen LogP contribution in [0.3, 0.4) is 0 Å². The summed E-state index contributed by atoms with van der Waals surface area (Å²) in [6.07, 6.45) is -2.80. The van der Waals surface area contributed by atoms with Gasteiger partial charge < -0.3 is 0 Å². The average molecular weight is 290 g/mol. The monoisotopic (exact) mass is 290 g/mol. The van der Waals surface area contributed by atoms with Gasteiger partial charge in [-0.1, -0.05) is 19.6 Å². The first-order valence-corrected chi connectivity index (χ1v) is 6.07. The van der Waals surface area contributed by atoms with Crippen LogP contribution in [0.25, 0.3) is 0 Å². The molecule has 1 N–H and O–H groups in total. The van der Waals surface area contributed by atoms with Crippen LogP contribution in [0, 0.1) is 0 Å². The van der Waals surface area contributed by atoms with Crippen molar-refractivity contribution in [2.45, 2.75) is 30.7 Å². The first kappa shape index (κ1) is 18.3. The Bertz CT molecular complexity index is 290. The highest BCUT2D eigenvalue weighted by Crippen LogP contribution is 2.41. The summed E-state index contributed by atoms with van der Waals surface area (Å²) in [7, 11) is -3.67. The van der Waals surface area contributed by atoms with Crippen LogP contribution < -0.4 is 0 Å². The Morgan fingerprint density at radius 1 is 1.31 bits per heavy atom.